The van der Waals surface area contributed by atoms with Gasteiger partial charge in [0.05, 0.1) is 17.1 Å². The zero-order chi connectivity index (χ0) is 30.0. The van der Waals surface area contributed by atoms with Crippen molar-refractivity contribution in [2.75, 3.05) is 11.9 Å². The molecule has 2 aromatic carbocycles. The van der Waals surface area contributed by atoms with Crippen molar-refractivity contribution < 1.29 is 23.9 Å². The highest BCUT2D eigenvalue weighted by atomic mass is 35.5. The Labute approximate surface area is 241 Å². The van der Waals surface area contributed by atoms with Crippen LogP contribution in [-0.4, -0.2) is 46.9 Å². The number of hydrogen-bond donors (Lipinski definition) is 3. The third-order valence-corrected chi connectivity index (χ3v) is 6.24. The molecule has 0 fully saturated rings. The van der Waals surface area contributed by atoms with Crippen LogP contribution in [0.25, 0.3) is 6.08 Å². The summed E-state index contributed by atoms with van der Waals surface area (Å²) in [5.41, 5.74) is 7.02. The van der Waals surface area contributed by atoms with E-state index in [1.54, 1.807) is 57.2 Å². The van der Waals surface area contributed by atoms with Crippen LogP contribution in [0.15, 0.2) is 49.0 Å². The molecule has 9 nitrogen and oxygen atoms in total. The Morgan fingerprint density at radius 3 is 2.40 bits per heavy atom. The number of unbranched alkanes of at least 4 members (excludes halogenated alkanes) is 1. The van der Waals surface area contributed by atoms with Crippen LogP contribution in [0, 0.1) is 6.92 Å². The molecule has 4 amide bonds. The monoisotopic (exact) mass is 570 g/mol. The van der Waals surface area contributed by atoms with E-state index in [2.05, 4.69) is 17.2 Å². The number of amides is 4. The maximum Gasteiger partial charge on any atom is 0.408 e. The number of halogens is 1. The Hall–Kier alpha value is -3.85. The number of carbonyl (C=O) groups excluding carboxylic acids is 4. The Bertz CT molecular complexity index is 1220. The third-order valence-electron chi connectivity index (χ3n) is 5.92. The van der Waals surface area contributed by atoms with E-state index in [0.29, 0.717) is 29.1 Å². The first-order valence-corrected chi connectivity index (χ1v) is 13.5. The fourth-order valence-corrected chi connectivity index (χ4v) is 4.33. The molecule has 10 heteroatoms. The zero-order valence-corrected chi connectivity index (χ0v) is 24.5. The van der Waals surface area contributed by atoms with Gasteiger partial charge in [-0.15, -0.1) is 0 Å². The Morgan fingerprint density at radius 2 is 1.82 bits per heavy atom. The number of nitrogens with one attached hydrogen (secondary N) is 2. The molecule has 40 heavy (non-hydrogen) atoms. The maximum absolute atomic E-state index is 14.1. The highest BCUT2D eigenvalue weighted by Gasteiger charge is 2.37. The van der Waals surface area contributed by atoms with Gasteiger partial charge < -0.3 is 26.0 Å². The van der Waals surface area contributed by atoms with E-state index in [1.165, 1.54) is 4.90 Å². The molecule has 2 aromatic rings. The number of carbonyl (C=O) groups is 4. The van der Waals surface area contributed by atoms with Crippen molar-refractivity contribution in [2.45, 2.75) is 71.6 Å². The minimum atomic E-state index is -1.36. The number of anilines is 1. The van der Waals surface area contributed by atoms with Crippen LogP contribution in [0.4, 0.5) is 10.5 Å². The SMILES string of the molecule is C=Cc1cccc(C(C(=O)Nc2c(C)cccc2Cl)N(CCCC)C(=O)C(CC(N)=O)NC(=O)OC(C)(C)C)c1. The van der Waals surface area contributed by atoms with E-state index in [-0.39, 0.29) is 6.54 Å². The Balaban J connectivity index is 2.61. The normalized spacial score (nSPS) is 12.6. The van der Waals surface area contributed by atoms with Gasteiger partial charge in [0.1, 0.15) is 17.7 Å². The first kappa shape index (κ1) is 32.4. The van der Waals surface area contributed by atoms with Crippen molar-refractivity contribution in [3.05, 3.63) is 70.8 Å². The van der Waals surface area contributed by atoms with E-state index < -0.39 is 47.9 Å². The number of rotatable bonds is 12. The van der Waals surface area contributed by atoms with Crippen molar-refractivity contribution in [1.29, 1.82) is 0 Å². The second-order valence-corrected chi connectivity index (χ2v) is 10.9. The van der Waals surface area contributed by atoms with Gasteiger partial charge >= 0.3 is 6.09 Å². The molecule has 0 aliphatic heterocycles. The molecule has 0 aromatic heterocycles. The Morgan fingerprint density at radius 1 is 1.15 bits per heavy atom. The molecule has 0 aliphatic carbocycles. The number of ether oxygens (including phenoxy) is 1. The molecule has 0 heterocycles. The lowest BCUT2D eigenvalue weighted by molar-refractivity contribution is -0.142. The maximum atomic E-state index is 14.1. The van der Waals surface area contributed by atoms with Crippen molar-refractivity contribution in [2.24, 2.45) is 5.73 Å². The first-order chi connectivity index (χ1) is 18.8. The predicted molar refractivity (Wildman–Crippen MR) is 158 cm³/mol. The molecule has 0 spiro atoms. The molecule has 0 aliphatic rings. The van der Waals surface area contributed by atoms with Crippen LogP contribution < -0.4 is 16.4 Å². The molecular weight excluding hydrogens is 532 g/mol. The Kier molecular flexibility index (Phi) is 11.7. The van der Waals surface area contributed by atoms with Crippen LogP contribution >= 0.6 is 11.6 Å². The third kappa shape index (κ3) is 9.41. The van der Waals surface area contributed by atoms with Gasteiger partial charge in [-0.1, -0.05) is 67.9 Å². The summed E-state index contributed by atoms with van der Waals surface area (Å²) in [6.07, 6.45) is 1.54. The molecule has 2 rings (SSSR count). The summed E-state index contributed by atoms with van der Waals surface area (Å²) < 4.78 is 5.31. The van der Waals surface area contributed by atoms with Gasteiger partial charge in [0.25, 0.3) is 5.91 Å². The molecule has 2 unspecified atom stereocenters. The molecule has 4 N–H and O–H groups in total. The minimum Gasteiger partial charge on any atom is -0.444 e. The fraction of sp³-hybridized carbons (Fsp3) is 0.400. The van der Waals surface area contributed by atoms with Crippen LogP contribution in [0.1, 0.15) is 69.7 Å². The molecule has 2 atom stereocenters. The molecule has 0 saturated carbocycles. The minimum absolute atomic E-state index is 0.165. The van der Waals surface area contributed by atoms with Crippen LogP contribution in [0.2, 0.25) is 5.02 Å². The van der Waals surface area contributed by atoms with Gasteiger partial charge in [0.15, 0.2) is 0 Å². The molecule has 0 bridgehead atoms. The molecule has 216 valence electrons. The van der Waals surface area contributed by atoms with Crippen molar-refractivity contribution in [3.8, 4) is 0 Å². The van der Waals surface area contributed by atoms with Crippen molar-refractivity contribution in [1.82, 2.24) is 10.2 Å². The number of aryl methyl sites for hydroxylation is 1. The zero-order valence-electron chi connectivity index (χ0n) is 23.8. The van der Waals surface area contributed by atoms with Crippen molar-refractivity contribution >= 4 is 47.2 Å². The number of para-hydroxylation sites is 1. The standard InChI is InChI=1S/C30H39ClN4O5/c1-7-9-16-35(28(38)23(18-24(32)36)33-29(39)40-30(4,5)6)26(21-14-11-13-20(8-2)17-21)27(37)34-25-19(3)12-10-15-22(25)31/h8,10-15,17,23,26H,2,7,9,16,18H2,1,3-6H3,(H2,32,36)(H,33,39)(H,34,37). The number of nitrogens with zero attached hydrogens (tertiary/aromatic N) is 1. The smallest absolute Gasteiger partial charge is 0.408 e. The largest absolute Gasteiger partial charge is 0.444 e. The summed E-state index contributed by atoms with van der Waals surface area (Å²) in [5.74, 6) is -1.97. The van der Waals surface area contributed by atoms with E-state index >= 15 is 0 Å². The van der Waals surface area contributed by atoms with E-state index in [1.807, 2.05) is 26.0 Å². The van der Waals surface area contributed by atoms with E-state index in [4.69, 9.17) is 22.1 Å². The van der Waals surface area contributed by atoms with Crippen LogP contribution in [-0.2, 0) is 19.1 Å². The predicted octanol–water partition coefficient (Wildman–Crippen LogP) is 5.37. The number of hydrogen-bond acceptors (Lipinski definition) is 5. The fourth-order valence-electron chi connectivity index (χ4n) is 4.06. The van der Waals surface area contributed by atoms with Crippen LogP contribution in [0.5, 0.6) is 0 Å². The summed E-state index contributed by atoms with van der Waals surface area (Å²) in [4.78, 5) is 54.0. The average Bonchev–Trinajstić information content (AvgIpc) is 2.86. The lowest BCUT2D eigenvalue weighted by atomic mass is 9.99. The quantitative estimate of drug-likeness (QED) is 0.316. The van der Waals surface area contributed by atoms with E-state index in [0.717, 1.165) is 11.1 Å². The summed E-state index contributed by atoms with van der Waals surface area (Å²) in [6, 6.07) is 9.81. The van der Waals surface area contributed by atoms with Crippen molar-refractivity contribution in [3.63, 3.8) is 0 Å². The van der Waals surface area contributed by atoms with Crippen LogP contribution in [0.3, 0.4) is 0 Å². The summed E-state index contributed by atoms with van der Waals surface area (Å²) in [5, 5.41) is 5.70. The average molecular weight is 571 g/mol. The topological polar surface area (TPSA) is 131 Å². The second kappa shape index (κ2) is 14.5. The van der Waals surface area contributed by atoms with Gasteiger partial charge in [0.2, 0.25) is 11.8 Å². The lowest BCUT2D eigenvalue weighted by Crippen LogP contribution is -2.53. The highest BCUT2D eigenvalue weighted by molar-refractivity contribution is 6.34. The number of benzene rings is 2. The molecular formula is C30H39ClN4O5. The number of alkyl carbamates (subject to hydrolysis) is 1. The second-order valence-electron chi connectivity index (χ2n) is 10.5. The molecule has 0 radical (unpaired) electrons. The van der Waals surface area contributed by atoms with E-state index in [9.17, 15) is 19.2 Å². The van der Waals surface area contributed by atoms with Gasteiger partial charge in [0, 0.05) is 6.54 Å². The highest BCUT2D eigenvalue weighted by Crippen LogP contribution is 2.30. The van der Waals surface area contributed by atoms with Gasteiger partial charge in [-0.2, -0.15) is 0 Å². The van der Waals surface area contributed by atoms with Gasteiger partial charge in [-0.3, -0.25) is 14.4 Å². The summed E-state index contributed by atoms with van der Waals surface area (Å²) >= 11 is 6.39. The van der Waals surface area contributed by atoms with Gasteiger partial charge in [-0.05, 0) is 62.9 Å². The molecule has 0 saturated heterocycles. The van der Waals surface area contributed by atoms with Gasteiger partial charge in [-0.25, -0.2) is 4.79 Å². The summed E-state index contributed by atoms with van der Waals surface area (Å²) in [7, 11) is 0. The first-order valence-electron chi connectivity index (χ1n) is 13.1. The number of primary amides is 1. The lowest BCUT2D eigenvalue weighted by Gasteiger charge is -2.34. The summed E-state index contributed by atoms with van der Waals surface area (Å²) in [6.45, 7) is 12.8. The number of nitrogens with two attached hydrogens (primary N) is 1.